The summed E-state index contributed by atoms with van der Waals surface area (Å²) in [6.07, 6.45) is 7.58. The fourth-order valence-electron chi connectivity index (χ4n) is 4.01. The number of aryl methyl sites for hydroxylation is 2. The van der Waals surface area contributed by atoms with Crippen LogP contribution in [-0.4, -0.2) is 0 Å². The number of hydrogen-bond donors (Lipinski definition) is 0. The lowest BCUT2D eigenvalue weighted by Crippen LogP contribution is -1.94. The molecule has 0 amide bonds. The van der Waals surface area contributed by atoms with Gasteiger partial charge in [0.1, 0.15) is 11.6 Å². The molecule has 0 nitrogen and oxygen atoms in total. The van der Waals surface area contributed by atoms with Crippen molar-refractivity contribution in [3.63, 3.8) is 0 Å². The first kappa shape index (κ1) is 18.4. The van der Waals surface area contributed by atoms with Crippen LogP contribution in [0.3, 0.4) is 0 Å². The lowest BCUT2D eigenvalue weighted by atomic mass is 10.0. The molecule has 2 aromatic carbocycles. The van der Waals surface area contributed by atoms with Crippen molar-refractivity contribution in [2.45, 2.75) is 45.4 Å². The number of rotatable bonds is 5. The van der Waals surface area contributed by atoms with Crippen LogP contribution in [0, 0.1) is 24.5 Å². The van der Waals surface area contributed by atoms with Crippen LogP contribution in [-0.2, 0) is 6.42 Å². The third-order valence-corrected chi connectivity index (χ3v) is 6.77. The Bertz CT molecular complexity index is 895. The molecule has 3 aromatic rings. The largest absolute Gasteiger partial charge is 0.206 e. The van der Waals surface area contributed by atoms with Crippen molar-refractivity contribution in [1.82, 2.24) is 0 Å². The van der Waals surface area contributed by atoms with Gasteiger partial charge in [-0.15, -0.1) is 11.3 Å². The molecule has 27 heavy (non-hydrogen) atoms. The molecule has 3 heteroatoms. The first-order valence-electron chi connectivity index (χ1n) is 9.75. The smallest absolute Gasteiger partial charge is 0.135 e. The lowest BCUT2D eigenvalue weighted by molar-refractivity contribution is 0.506. The van der Waals surface area contributed by atoms with Gasteiger partial charge in [0.2, 0.25) is 0 Å². The fourth-order valence-corrected chi connectivity index (χ4v) is 5.08. The van der Waals surface area contributed by atoms with Crippen molar-refractivity contribution in [2.24, 2.45) is 5.92 Å². The second kappa shape index (κ2) is 7.93. The molecule has 0 bridgehead atoms. The van der Waals surface area contributed by atoms with E-state index in [-0.39, 0.29) is 5.56 Å². The second-order valence-electron chi connectivity index (χ2n) is 7.64. The van der Waals surface area contributed by atoms with Gasteiger partial charge < -0.3 is 0 Å². The molecule has 0 unspecified atom stereocenters. The number of halogens is 2. The molecular formula is C24H24F2S. The van der Waals surface area contributed by atoms with E-state index < -0.39 is 11.6 Å². The molecule has 4 rings (SSSR count). The average molecular weight is 383 g/mol. The van der Waals surface area contributed by atoms with Crippen LogP contribution in [0.4, 0.5) is 8.78 Å². The standard InChI is InChI=1S/C24H24F2S/c1-16-6-9-18(10-7-16)19-14-21(25)24(22(26)15-19)23-13-12-20(27-23)11-8-17-4-2-3-5-17/h6-7,9-10,12-15,17H,2-5,8,11H2,1H3. The van der Waals surface area contributed by atoms with Gasteiger partial charge >= 0.3 is 0 Å². The Balaban J connectivity index is 1.55. The van der Waals surface area contributed by atoms with Crippen molar-refractivity contribution in [3.8, 4) is 21.6 Å². The molecule has 0 atom stereocenters. The highest BCUT2D eigenvalue weighted by molar-refractivity contribution is 7.15. The molecule has 0 radical (unpaired) electrons. The van der Waals surface area contributed by atoms with Crippen LogP contribution in [0.2, 0.25) is 0 Å². The maximum absolute atomic E-state index is 14.8. The summed E-state index contributed by atoms with van der Waals surface area (Å²) in [4.78, 5) is 1.90. The highest BCUT2D eigenvalue weighted by atomic mass is 32.1. The van der Waals surface area contributed by atoms with Gasteiger partial charge in [-0.1, -0.05) is 55.5 Å². The van der Waals surface area contributed by atoms with Crippen molar-refractivity contribution in [2.75, 3.05) is 0 Å². The van der Waals surface area contributed by atoms with Gasteiger partial charge in [-0.25, -0.2) is 8.78 Å². The molecule has 0 spiro atoms. The van der Waals surface area contributed by atoms with E-state index in [1.807, 2.05) is 43.3 Å². The van der Waals surface area contributed by atoms with E-state index >= 15 is 0 Å². The topological polar surface area (TPSA) is 0 Å². The summed E-state index contributed by atoms with van der Waals surface area (Å²) in [5.41, 5.74) is 2.63. The van der Waals surface area contributed by atoms with Crippen LogP contribution in [0.1, 0.15) is 42.5 Å². The average Bonchev–Trinajstić information content (AvgIpc) is 3.32. The molecule has 140 valence electrons. The summed E-state index contributed by atoms with van der Waals surface area (Å²) >= 11 is 1.52. The third kappa shape index (κ3) is 4.14. The number of hydrogen-bond acceptors (Lipinski definition) is 1. The minimum absolute atomic E-state index is 0.1000. The predicted octanol–water partition coefficient (Wildman–Crippen LogP) is 7.79. The van der Waals surface area contributed by atoms with E-state index in [0.717, 1.165) is 23.5 Å². The summed E-state index contributed by atoms with van der Waals surface area (Å²) in [7, 11) is 0. The number of thiophene rings is 1. The maximum atomic E-state index is 14.8. The minimum Gasteiger partial charge on any atom is -0.206 e. The summed E-state index contributed by atoms with van der Waals surface area (Å²) in [5, 5.41) is 0. The fraction of sp³-hybridized carbons (Fsp3) is 0.333. The van der Waals surface area contributed by atoms with Gasteiger partial charge in [0, 0.05) is 9.75 Å². The third-order valence-electron chi connectivity index (χ3n) is 5.61. The Morgan fingerprint density at radius 2 is 1.56 bits per heavy atom. The van der Waals surface area contributed by atoms with Crippen molar-refractivity contribution >= 4 is 11.3 Å². The highest BCUT2D eigenvalue weighted by Gasteiger charge is 2.18. The molecule has 0 saturated heterocycles. The molecule has 0 aliphatic heterocycles. The van der Waals surface area contributed by atoms with Crippen LogP contribution in [0.5, 0.6) is 0 Å². The summed E-state index contributed by atoms with van der Waals surface area (Å²) in [6.45, 7) is 2.00. The van der Waals surface area contributed by atoms with Gasteiger partial charge in [-0.2, -0.15) is 0 Å². The van der Waals surface area contributed by atoms with Gasteiger partial charge in [0.25, 0.3) is 0 Å². The van der Waals surface area contributed by atoms with Crippen LogP contribution >= 0.6 is 11.3 Å². The first-order valence-corrected chi connectivity index (χ1v) is 10.6. The van der Waals surface area contributed by atoms with E-state index in [9.17, 15) is 8.78 Å². The molecule has 1 heterocycles. The van der Waals surface area contributed by atoms with Crippen molar-refractivity contribution in [3.05, 3.63) is 70.6 Å². The van der Waals surface area contributed by atoms with Crippen molar-refractivity contribution < 1.29 is 8.78 Å². The molecule has 1 fully saturated rings. The maximum Gasteiger partial charge on any atom is 0.135 e. The highest BCUT2D eigenvalue weighted by Crippen LogP contribution is 2.36. The second-order valence-corrected chi connectivity index (χ2v) is 8.80. The van der Waals surface area contributed by atoms with Gasteiger partial charge in [-0.3, -0.25) is 0 Å². The summed E-state index contributed by atoms with van der Waals surface area (Å²) in [6, 6.07) is 14.5. The first-order chi connectivity index (χ1) is 13.1. The van der Waals surface area contributed by atoms with Crippen LogP contribution in [0.15, 0.2) is 48.5 Å². The van der Waals surface area contributed by atoms with Crippen LogP contribution < -0.4 is 0 Å². The monoisotopic (exact) mass is 382 g/mol. The molecular weight excluding hydrogens is 358 g/mol. The molecule has 1 saturated carbocycles. The van der Waals surface area contributed by atoms with Gasteiger partial charge in [-0.05, 0) is 61.1 Å². The normalized spacial score (nSPS) is 14.8. The molecule has 1 aliphatic carbocycles. The van der Waals surface area contributed by atoms with Crippen molar-refractivity contribution in [1.29, 1.82) is 0 Å². The van der Waals surface area contributed by atoms with Gasteiger partial charge in [0.05, 0.1) is 5.56 Å². The van der Waals surface area contributed by atoms with E-state index in [4.69, 9.17) is 0 Å². The Labute approximate surface area is 163 Å². The van der Waals surface area contributed by atoms with E-state index in [1.165, 1.54) is 60.5 Å². The quantitative estimate of drug-likeness (QED) is 0.422. The SMILES string of the molecule is Cc1ccc(-c2cc(F)c(-c3ccc(CCC4CCCC4)s3)c(F)c2)cc1. The molecule has 1 aliphatic rings. The van der Waals surface area contributed by atoms with Gasteiger partial charge in [0.15, 0.2) is 0 Å². The number of benzene rings is 2. The summed E-state index contributed by atoms with van der Waals surface area (Å²) in [5.74, 6) is -0.151. The van der Waals surface area contributed by atoms with E-state index in [2.05, 4.69) is 0 Å². The zero-order chi connectivity index (χ0) is 18.8. The Hall–Kier alpha value is -2.00. The van der Waals surface area contributed by atoms with E-state index in [1.54, 1.807) is 0 Å². The summed E-state index contributed by atoms with van der Waals surface area (Å²) < 4.78 is 29.5. The Morgan fingerprint density at radius 3 is 2.22 bits per heavy atom. The zero-order valence-electron chi connectivity index (χ0n) is 15.6. The minimum atomic E-state index is -0.491. The predicted molar refractivity (Wildman–Crippen MR) is 110 cm³/mol. The molecule has 1 aromatic heterocycles. The Kier molecular flexibility index (Phi) is 5.40. The molecule has 0 N–H and O–H groups in total. The van der Waals surface area contributed by atoms with Crippen LogP contribution in [0.25, 0.3) is 21.6 Å². The van der Waals surface area contributed by atoms with E-state index in [0.29, 0.717) is 10.4 Å². The zero-order valence-corrected chi connectivity index (χ0v) is 16.4. The lowest BCUT2D eigenvalue weighted by Gasteiger charge is -2.08. The Morgan fingerprint density at radius 1 is 0.889 bits per heavy atom.